The molecule has 2 atom stereocenters. The van der Waals surface area contributed by atoms with Gasteiger partial charge in [0.2, 0.25) is 11.9 Å². The van der Waals surface area contributed by atoms with Crippen LogP contribution in [-0.2, 0) is 11.3 Å². The fraction of sp³-hybridized carbons (Fsp3) is 0.478. The minimum Gasteiger partial charge on any atom is -0.497 e. The molecule has 0 radical (unpaired) electrons. The SMILES string of the molecule is COc1cc(F)c2c(NNC(=O)[C@@H]3CC[C@H](C)N(c4cnn(CC(C)(C)O)c4)C3)nc(N)nc2c1. The largest absolute Gasteiger partial charge is 0.497 e. The Kier molecular flexibility index (Phi) is 6.66. The average Bonchev–Trinajstić information content (AvgIpc) is 3.23. The number of hydrogen-bond acceptors (Lipinski definition) is 9. The minimum atomic E-state index is -0.885. The minimum absolute atomic E-state index is 0.0648. The van der Waals surface area contributed by atoms with Crippen molar-refractivity contribution in [3.8, 4) is 5.75 Å². The lowest BCUT2D eigenvalue weighted by atomic mass is 9.92. The van der Waals surface area contributed by atoms with Gasteiger partial charge in [0.05, 0.1) is 48.0 Å². The second kappa shape index (κ2) is 9.53. The van der Waals surface area contributed by atoms with Gasteiger partial charge in [-0.2, -0.15) is 10.1 Å². The first-order chi connectivity index (χ1) is 16.5. The van der Waals surface area contributed by atoms with E-state index in [1.165, 1.54) is 13.2 Å². The number of nitrogen functional groups attached to an aromatic ring is 1. The van der Waals surface area contributed by atoms with Crippen LogP contribution in [0.5, 0.6) is 5.75 Å². The van der Waals surface area contributed by atoms with E-state index in [1.807, 2.05) is 6.20 Å². The number of methoxy groups -OCH3 is 1. The Hall–Kier alpha value is -3.67. The molecule has 1 saturated heterocycles. The zero-order valence-electron chi connectivity index (χ0n) is 20.2. The predicted molar refractivity (Wildman–Crippen MR) is 130 cm³/mol. The first-order valence-corrected chi connectivity index (χ1v) is 11.4. The summed E-state index contributed by atoms with van der Waals surface area (Å²) in [7, 11) is 1.43. The van der Waals surface area contributed by atoms with E-state index >= 15 is 0 Å². The van der Waals surface area contributed by atoms with Gasteiger partial charge in [-0.25, -0.2) is 9.37 Å². The highest BCUT2D eigenvalue weighted by atomic mass is 19.1. The summed E-state index contributed by atoms with van der Waals surface area (Å²) in [5.41, 5.74) is 11.4. The van der Waals surface area contributed by atoms with Crippen LogP contribution in [0.2, 0.25) is 0 Å². The van der Waals surface area contributed by atoms with Gasteiger partial charge in [0.25, 0.3) is 0 Å². The summed E-state index contributed by atoms with van der Waals surface area (Å²) < 4.78 is 21.5. The number of anilines is 3. The summed E-state index contributed by atoms with van der Waals surface area (Å²) in [6.45, 7) is 6.40. The summed E-state index contributed by atoms with van der Waals surface area (Å²) in [5.74, 6) is -0.864. The second-order valence-corrected chi connectivity index (χ2v) is 9.53. The highest BCUT2D eigenvalue weighted by molar-refractivity contribution is 5.92. The number of piperidine rings is 1. The van der Waals surface area contributed by atoms with Crippen LogP contribution in [0, 0.1) is 11.7 Å². The molecule has 3 heterocycles. The van der Waals surface area contributed by atoms with E-state index in [1.54, 1.807) is 30.8 Å². The Morgan fingerprint density at radius 2 is 2.11 bits per heavy atom. The molecule has 4 rings (SSSR count). The Morgan fingerprint density at radius 1 is 1.34 bits per heavy atom. The number of aromatic nitrogens is 4. The van der Waals surface area contributed by atoms with Crippen molar-refractivity contribution < 1.29 is 19.0 Å². The summed E-state index contributed by atoms with van der Waals surface area (Å²) in [6.07, 6.45) is 5.13. The van der Waals surface area contributed by atoms with Crippen LogP contribution in [0.1, 0.15) is 33.6 Å². The molecule has 188 valence electrons. The van der Waals surface area contributed by atoms with Crippen molar-refractivity contribution in [3.05, 3.63) is 30.3 Å². The second-order valence-electron chi connectivity index (χ2n) is 9.53. The van der Waals surface area contributed by atoms with Crippen molar-refractivity contribution in [1.29, 1.82) is 0 Å². The van der Waals surface area contributed by atoms with Gasteiger partial charge in [-0.1, -0.05) is 0 Å². The number of nitrogens with two attached hydrogens (primary N) is 1. The molecule has 0 unspecified atom stereocenters. The molecule has 0 saturated carbocycles. The fourth-order valence-electron chi connectivity index (χ4n) is 4.31. The number of carbonyl (C=O) groups is 1. The van der Waals surface area contributed by atoms with Crippen molar-refractivity contribution >= 4 is 34.3 Å². The number of hydrazine groups is 1. The number of aliphatic hydroxyl groups is 1. The molecule has 2 aromatic heterocycles. The molecule has 5 N–H and O–H groups in total. The molecule has 1 aliphatic heterocycles. The van der Waals surface area contributed by atoms with Gasteiger partial charge in [-0.15, -0.1) is 0 Å². The molecule has 1 aromatic carbocycles. The third-order valence-electron chi connectivity index (χ3n) is 6.03. The van der Waals surface area contributed by atoms with E-state index in [0.29, 0.717) is 25.3 Å². The monoisotopic (exact) mass is 486 g/mol. The molecule has 0 spiro atoms. The zero-order valence-corrected chi connectivity index (χ0v) is 20.2. The Labute approximate surface area is 202 Å². The Balaban J connectivity index is 1.47. The maximum absolute atomic E-state index is 14.7. The number of halogens is 1. The van der Waals surface area contributed by atoms with Crippen molar-refractivity contribution in [2.24, 2.45) is 5.92 Å². The maximum Gasteiger partial charge on any atom is 0.243 e. The Morgan fingerprint density at radius 3 is 2.83 bits per heavy atom. The van der Waals surface area contributed by atoms with Crippen LogP contribution in [0.4, 0.5) is 21.8 Å². The van der Waals surface area contributed by atoms with Crippen LogP contribution in [0.15, 0.2) is 24.5 Å². The lowest BCUT2D eigenvalue weighted by Gasteiger charge is -2.38. The van der Waals surface area contributed by atoms with E-state index in [4.69, 9.17) is 10.5 Å². The number of amides is 1. The quantitative estimate of drug-likeness (QED) is 0.369. The van der Waals surface area contributed by atoms with Crippen molar-refractivity contribution in [2.75, 3.05) is 29.7 Å². The fourth-order valence-corrected chi connectivity index (χ4v) is 4.31. The van der Waals surface area contributed by atoms with Gasteiger partial charge in [-0.05, 0) is 33.6 Å². The first-order valence-electron chi connectivity index (χ1n) is 11.4. The van der Waals surface area contributed by atoms with Gasteiger partial charge in [0.1, 0.15) is 11.6 Å². The molecule has 3 aromatic rings. The summed E-state index contributed by atoms with van der Waals surface area (Å²) >= 11 is 0. The predicted octanol–water partition coefficient (Wildman–Crippen LogP) is 2.08. The molecule has 1 aliphatic rings. The standard InChI is InChI=1S/C23H31FN8O3/c1-13-5-6-14(10-32(13)15-9-26-31(11-15)12-23(2,3)34)21(33)30-29-20-19-17(24)7-16(35-4)8-18(19)27-22(25)28-20/h7-9,11,13-14,34H,5-6,10,12H2,1-4H3,(H,30,33)(H3,25,27,28,29)/t13-,14+/m0/s1. The topological polar surface area (TPSA) is 143 Å². The third-order valence-corrected chi connectivity index (χ3v) is 6.03. The van der Waals surface area contributed by atoms with Crippen LogP contribution in [-0.4, -0.2) is 56.1 Å². The summed E-state index contributed by atoms with van der Waals surface area (Å²) in [6, 6.07) is 2.98. The van der Waals surface area contributed by atoms with Gasteiger partial charge in [0, 0.05) is 30.9 Å². The van der Waals surface area contributed by atoms with E-state index in [2.05, 4.69) is 37.7 Å². The zero-order chi connectivity index (χ0) is 25.3. The number of fused-ring (bicyclic) bond motifs is 1. The molecule has 1 amide bonds. The number of carbonyl (C=O) groups excluding carboxylic acids is 1. The smallest absolute Gasteiger partial charge is 0.243 e. The Bertz CT molecular complexity index is 1230. The van der Waals surface area contributed by atoms with Crippen LogP contribution in [0.3, 0.4) is 0 Å². The molecule has 12 heteroatoms. The van der Waals surface area contributed by atoms with E-state index in [9.17, 15) is 14.3 Å². The molecular weight excluding hydrogens is 455 g/mol. The summed E-state index contributed by atoms with van der Waals surface area (Å²) in [5, 5.41) is 14.5. The molecule has 35 heavy (non-hydrogen) atoms. The number of ether oxygens (including phenoxy) is 1. The van der Waals surface area contributed by atoms with E-state index in [-0.39, 0.29) is 40.5 Å². The van der Waals surface area contributed by atoms with Crippen LogP contribution in [0.25, 0.3) is 10.9 Å². The van der Waals surface area contributed by atoms with Gasteiger partial charge < -0.3 is 20.5 Å². The lowest BCUT2D eigenvalue weighted by Crippen LogP contribution is -2.48. The highest BCUT2D eigenvalue weighted by Gasteiger charge is 2.31. The number of nitrogens with one attached hydrogen (secondary N) is 2. The third kappa shape index (κ3) is 5.53. The van der Waals surface area contributed by atoms with E-state index < -0.39 is 11.4 Å². The van der Waals surface area contributed by atoms with Crippen LogP contribution < -0.4 is 26.2 Å². The van der Waals surface area contributed by atoms with Gasteiger partial charge in [0.15, 0.2) is 5.82 Å². The number of hydrogen-bond donors (Lipinski definition) is 4. The van der Waals surface area contributed by atoms with Gasteiger partial charge in [-0.3, -0.25) is 20.3 Å². The normalized spacial score (nSPS) is 18.5. The number of rotatable bonds is 7. The lowest BCUT2D eigenvalue weighted by molar-refractivity contribution is -0.124. The molecular formula is C23H31FN8O3. The molecule has 0 aliphatic carbocycles. The molecule has 0 bridgehead atoms. The van der Waals surface area contributed by atoms with Crippen LogP contribution >= 0.6 is 0 Å². The highest BCUT2D eigenvalue weighted by Crippen LogP contribution is 2.30. The van der Waals surface area contributed by atoms with Crippen molar-refractivity contribution in [1.82, 2.24) is 25.2 Å². The molecule has 11 nitrogen and oxygen atoms in total. The van der Waals surface area contributed by atoms with Crippen molar-refractivity contribution in [2.45, 2.75) is 51.8 Å². The summed E-state index contributed by atoms with van der Waals surface area (Å²) in [4.78, 5) is 23.3. The van der Waals surface area contributed by atoms with Gasteiger partial charge >= 0.3 is 0 Å². The number of nitrogens with zero attached hydrogens (tertiary/aromatic N) is 5. The van der Waals surface area contributed by atoms with E-state index in [0.717, 1.165) is 12.1 Å². The van der Waals surface area contributed by atoms with Crippen molar-refractivity contribution in [3.63, 3.8) is 0 Å². The first kappa shape index (κ1) is 24.5. The maximum atomic E-state index is 14.7. The average molecular weight is 487 g/mol. The molecule has 1 fully saturated rings. The number of benzene rings is 1.